The van der Waals surface area contributed by atoms with Crippen LogP contribution in [0.5, 0.6) is 5.88 Å². The first kappa shape index (κ1) is 10.8. The van der Waals surface area contributed by atoms with Gasteiger partial charge in [-0.05, 0) is 34.8 Å². The van der Waals surface area contributed by atoms with E-state index in [2.05, 4.69) is 20.9 Å². The van der Waals surface area contributed by atoms with Gasteiger partial charge < -0.3 is 4.74 Å². The van der Waals surface area contributed by atoms with Gasteiger partial charge in [0.2, 0.25) is 5.88 Å². The molecule has 2 nitrogen and oxygen atoms in total. The van der Waals surface area contributed by atoms with Gasteiger partial charge in [0, 0.05) is 11.9 Å². The molecular formula is C9H11BrClNO. The Balaban J connectivity index is 2.28. The molecular weight excluding hydrogens is 253 g/mol. The first-order valence-corrected chi connectivity index (χ1v) is 5.47. The minimum absolute atomic E-state index is 0.656. The highest BCUT2D eigenvalue weighted by molar-refractivity contribution is 9.10. The summed E-state index contributed by atoms with van der Waals surface area (Å²) in [5.41, 5.74) is 0. The molecule has 1 heterocycles. The zero-order chi connectivity index (χ0) is 9.52. The van der Waals surface area contributed by atoms with E-state index in [-0.39, 0.29) is 0 Å². The van der Waals surface area contributed by atoms with Gasteiger partial charge in [-0.25, -0.2) is 4.98 Å². The number of rotatable bonds is 5. The monoisotopic (exact) mass is 263 g/mol. The summed E-state index contributed by atoms with van der Waals surface area (Å²) in [4.78, 5) is 4.13. The Bertz CT molecular complexity index is 257. The van der Waals surface area contributed by atoms with Crippen LogP contribution in [0.3, 0.4) is 0 Å². The molecule has 1 rings (SSSR count). The van der Waals surface area contributed by atoms with Crippen LogP contribution in [0.15, 0.2) is 22.8 Å². The maximum atomic E-state index is 5.53. The van der Waals surface area contributed by atoms with Crippen LogP contribution < -0.4 is 4.74 Å². The van der Waals surface area contributed by atoms with E-state index in [1.807, 2.05) is 18.2 Å². The second-order valence-electron chi connectivity index (χ2n) is 2.54. The molecule has 0 amide bonds. The predicted molar refractivity (Wildman–Crippen MR) is 57.4 cm³/mol. The summed E-state index contributed by atoms with van der Waals surface area (Å²) in [6, 6.07) is 5.60. The molecule has 0 aromatic carbocycles. The van der Waals surface area contributed by atoms with Crippen molar-refractivity contribution in [3.05, 3.63) is 22.8 Å². The lowest BCUT2D eigenvalue weighted by Crippen LogP contribution is -1.99. The number of ether oxygens (including phenoxy) is 1. The Morgan fingerprint density at radius 3 is 2.92 bits per heavy atom. The van der Waals surface area contributed by atoms with Crippen LogP contribution in [0.1, 0.15) is 12.8 Å². The van der Waals surface area contributed by atoms with E-state index in [0.29, 0.717) is 18.4 Å². The molecule has 0 aliphatic rings. The van der Waals surface area contributed by atoms with Crippen LogP contribution in [0.4, 0.5) is 0 Å². The summed E-state index contributed by atoms with van der Waals surface area (Å²) in [5.74, 6) is 1.35. The van der Waals surface area contributed by atoms with E-state index in [9.17, 15) is 0 Å². The van der Waals surface area contributed by atoms with Crippen molar-refractivity contribution in [2.24, 2.45) is 0 Å². The fourth-order valence-electron chi connectivity index (χ4n) is 0.843. The maximum Gasteiger partial charge on any atom is 0.214 e. The summed E-state index contributed by atoms with van der Waals surface area (Å²) >= 11 is 8.80. The molecule has 0 radical (unpaired) electrons. The van der Waals surface area contributed by atoms with E-state index in [1.165, 1.54) is 0 Å². The van der Waals surface area contributed by atoms with Crippen molar-refractivity contribution in [3.8, 4) is 5.88 Å². The number of alkyl halides is 1. The Morgan fingerprint density at radius 2 is 2.23 bits per heavy atom. The topological polar surface area (TPSA) is 22.1 Å². The van der Waals surface area contributed by atoms with Crippen molar-refractivity contribution in [2.45, 2.75) is 12.8 Å². The lowest BCUT2D eigenvalue weighted by molar-refractivity contribution is 0.297. The molecule has 0 N–H and O–H groups in total. The van der Waals surface area contributed by atoms with E-state index in [4.69, 9.17) is 16.3 Å². The van der Waals surface area contributed by atoms with Gasteiger partial charge in [0.05, 0.1) is 6.61 Å². The second kappa shape index (κ2) is 6.22. The fraction of sp³-hybridized carbons (Fsp3) is 0.444. The van der Waals surface area contributed by atoms with Gasteiger partial charge in [-0.1, -0.05) is 6.07 Å². The first-order valence-electron chi connectivity index (χ1n) is 4.14. The Hall–Kier alpha value is -0.280. The number of pyridine rings is 1. The molecule has 0 aliphatic heterocycles. The summed E-state index contributed by atoms with van der Waals surface area (Å²) in [7, 11) is 0. The van der Waals surface area contributed by atoms with E-state index in [1.54, 1.807) is 0 Å². The molecule has 0 saturated carbocycles. The highest BCUT2D eigenvalue weighted by Gasteiger charge is 1.95. The van der Waals surface area contributed by atoms with Crippen LogP contribution in [0.25, 0.3) is 0 Å². The SMILES string of the molecule is ClCCCCOc1cccc(Br)n1. The Morgan fingerprint density at radius 1 is 1.38 bits per heavy atom. The number of hydrogen-bond acceptors (Lipinski definition) is 2. The van der Waals surface area contributed by atoms with Crippen molar-refractivity contribution in [3.63, 3.8) is 0 Å². The third kappa shape index (κ3) is 4.48. The minimum atomic E-state index is 0.656. The van der Waals surface area contributed by atoms with Crippen LogP contribution in [0, 0.1) is 0 Å². The first-order chi connectivity index (χ1) is 6.33. The molecule has 0 unspecified atom stereocenters. The molecule has 0 fully saturated rings. The zero-order valence-electron chi connectivity index (χ0n) is 7.17. The van der Waals surface area contributed by atoms with Gasteiger partial charge in [-0.15, -0.1) is 11.6 Å². The van der Waals surface area contributed by atoms with Crippen molar-refractivity contribution in [1.29, 1.82) is 0 Å². The smallest absolute Gasteiger partial charge is 0.214 e. The van der Waals surface area contributed by atoms with Gasteiger partial charge in [0.25, 0.3) is 0 Å². The van der Waals surface area contributed by atoms with Crippen molar-refractivity contribution in [1.82, 2.24) is 4.98 Å². The molecule has 0 bridgehead atoms. The zero-order valence-corrected chi connectivity index (χ0v) is 9.51. The molecule has 1 aromatic heterocycles. The van der Waals surface area contributed by atoms with Crippen LogP contribution in [-0.4, -0.2) is 17.5 Å². The Kier molecular flexibility index (Phi) is 5.16. The molecule has 0 atom stereocenters. The molecule has 4 heteroatoms. The van der Waals surface area contributed by atoms with Gasteiger partial charge >= 0.3 is 0 Å². The standard InChI is InChI=1S/C9H11BrClNO/c10-8-4-3-5-9(12-8)13-7-2-1-6-11/h3-5H,1-2,6-7H2. The van der Waals surface area contributed by atoms with Gasteiger partial charge in [-0.3, -0.25) is 0 Å². The molecule has 13 heavy (non-hydrogen) atoms. The highest BCUT2D eigenvalue weighted by Crippen LogP contribution is 2.12. The summed E-state index contributed by atoms with van der Waals surface area (Å²) in [5, 5.41) is 0. The number of unbranched alkanes of at least 4 members (excludes halogenated alkanes) is 1. The maximum absolute atomic E-state index is 5.53. The highest BCUT2D eigenvalue weighted by atomic mass is 79.9. The third-order valence-corrected chi connectivity index (χ3v) is 2.18. The normalized spacial score (nSPS) is 10.0. The van der Waals surface area contributed by atoms with E-state index < -0.39 is 0 Å². The number of hydrogen-bond donors (Lipinski definition) is 0. The predicted octanol–water partition coefficient (Wildman–Crippen LogP) is 3.24. The molecule has 72 valence electrons. The van der Waals surface area contributed by atoms with Crippen molar-refractivity contribution >= 4 is 27.5 Å². The molecule has 0 spiro atoms. The molecule has 0 aliphatic carbocycles. The molecule has 0 saturated heterocycles. The summed E-state index contributed by atoms with van der Waals surface area (Å²) in [6.45, 7) is 0.677. The molecule has 1 aromatic rings. The quantitative estimate of drug-likeness (QED) is 0.463. The fourth-order valence-corrected chi connectivity index (χ4v) is 1.36. The average Bonchev–Trinajstić information content (AvgIpc) is 2.13. The number of aromatic nitrogens is 1. The van der Waals surface area contributed by atoms with Gasteiger partial charge in [0.15, 0.2) is 0 Å². The number of halogens is 2. The van der Waals surface area contributed by atoms with Gasteiger partial charge in [-0.2, -0.15) is 0 Å². The minimum Gasteiger partial charge on any atom is -0.478 e. The van der Waals surface area contributed by atoms with E-state index >= 15 is 0 Å². The average molecular weight is 265 g/mol. The van der Waals surface area contributed by atoms with Crippen molar-refractivity contribution < 1.29 is 4.74 Å². The Labute approximate surface area is 91.4 Å². The van der Waals surface area contributed by atoms with Gasteiger partial charge in [0.1, 0.15) is 4.60 Å². The lowest BCUT2D eigenvalue weighted by Gasteiger charge is -2.03. The van der Waals surface area contributed by atoms with E-state index in [0.717, 1.165) is 17.4 Å². The summed E-state index contributed by atoms with van der Waals surface area (Å²) in [6.07, 6.45) is 1.95. The lowest BCUT2D eigenvalue weighted by atomic mass is 10.4. The van der Waals surface area contributed by atoms with Crippen LogP contribution in [0.2, 0.25) is 0 Å². The second-order valence-corrected chi connectivity index (χ2v) is 3.73. The van der Waals surface area contributed by atoms with Crippen LogP contribution in [-0.2, 0) is 0 Å². The summed E-state index contributed by atoms with van der Waals surface area (Å²) < 4.78 is 6.18. The number of nitrogens with zero attached hydrogens (tertiary/aromatic N) is 1. The van der Waals surface area contributed by atoms with Crippen LogP contribution >= 0.6 is 27.5 Å². The van der Waals surface area contributed by atoms with Crippen molar-refractivity contribution in [2.75, 3.05) is 12.5 Å². The third-order valence-electron chi connectivity index (χ3n) is 1.47. The largest absolute Gasteiger partial charge is 0.478 e.